The van der Waals surface area contributed by atoms with Gasteiger partial charge in [-0.25, -0.2) is 13.1 Å². The number of nitrogens with zero attached hydrogens (tertiary/aromatic N) is 1. The summed E-state index contributed by atoms with van der Waals surface area (Å²) in [5, 5.41) is 0. The van der Waals surface area contributed by atoms with Gasteiger partial charge in [-0.1, -0.05) is 6.07 Å². The Morgan fingerprint density at radius 1 is 1.25 bits per heavy atom. The van der Waals surface area contributed by atoms with Crippen molar-refractivity contribution in [2.24, 2.45) is 0 Å². The lowest BCUT2D eigenvalue weighted by molar-refractivity contribution is 0.579. The van der Waals surface area contributed by atoms with Crippen molar-refractivity contribution in [1.29, 1.82) is 0 Å². The lowest BCUT2D eigenvalue weighted by Crippen LogP contribution is -2.24. The van der Waals surface area contributed by atoms with Gasteiger partial charge in [-0.05, 0) is 49.2 Å². The van der Waals surface area contributed by atoms with E-state index in [0.717, 1.165) is 5.56 Å². The average Bonchev–Trinajstić information content (AvgIpc) is 2.42. The van der Waals surface area contributed by atoms with Gasteiger partial charge in [0, 0.05) is 11.9 Å². The van der Waals surface area contributed by atoms with Crippen molar-refractivity contribution in [1.82, 2.24) is 9.71 Å². The van der Waals surface area contributed by atoms with Crippen LogP contribution in [0.3, 0.4) is 0 Å². The smallest absolute Gasteiger partial charge is 0.241 e. The number of rotatable bonds is 4. The second kappa shape index (κ2) is 5.60. The highest BCUT2D eigenvalue weighted by Gasteiger charge is 2.18. The van der Waals surface area contributed by atoms with E-state index in [4.69, 9.17) is 5.73 Å². The Kier molecular flexibility index (Phi) is 4.06. The first kappa shape index (κ1) is 14.5. The molecule has 20 heavy (non-hydrogen) atoms. The van der Waals surface area contributed by atoms with E-state index in [1.165, 1.54) is 6.07 Å². The van der Waals surface area contributed by atoms with Crippen molar-refractivity contribution >= 4 is 15.7 Å². The van der Waals surface area contributed by atoms with Crippen LogP contribution in [-0.2, 0) is 16.6 Å². The van der Waals surface area contributed by atoms with Crippen LogP contribution in [0.4, 0.5) is 5.69 Å². The number of aryl methyl sites for hydroxylation is 1. The van der Waals surface area contributed by atoms with Crippen molar-refractivity contribution in [3.63, 3.8) is 0 Å². The van der Waals surface area contributed by atoms with Crippen LogP contribution in [-0.4, -0.2) is 13.4 Å². The van der Waals surface area contributed by atoms with Crippen molar-refractivity contribution in [2.75, 3.05) is 5.73 Å². The van der Waals surface area contributed by atoms with Crippen molar-refractivity contribution in [2.45, 2.75) is 25.3 Å². The summed E-state index contributed by atoms with van der Waals surface area (Å²) in [6, 6.07) is 8.59. The van der Waals surface area contributed by atoms with E-state index in [9.17, 15) is 8.42 Å². The first-order valence-corrected chi connectivity index (χ1v) is 7.65. The minimum absolute atomic E-state index is 0.149. The summed E-state index contributed by atoms with van der Waals surface area (Å²) in [6.45, 7) is 3.75. The maximum absolute atomic E-state index is 12.3. The van der Waals surface area contributed by atoms with Crippen molar-refractivity contribution in [3.05, 3.63) is 53.3 Å². The van der Waals surface area contributed by atoms with E-state index in [2.05, 4.69) is 9.71 Å². The van der Waals surface area contributed by atoms with Gasteiger partial charge in [0.15, 0.2) is 0 Å². The van der Waals surface area contributed by atoms with Crippen LogP contribution >= 0.6 is 0 Å². The molecule has 0 fully saturated rings. The van der Waals surface area contributed by atoms with Crippen LogP contribution in [0.15, 0.2) is 41.4 Å². The van der Waals surface area contributed by atoms with E-state index in [1.54, 1.807) is 31.3 Å². The number of hydrogen-bond acceptors (Lipinski definition) is 4. The fraction of sp³-hybridized carbons (Fsp3) is 0.214. The summed E-state index contributed by atoms with van der Waals surface area (Å²) >= 11 is 0. The summed E-state index contributed by atoms with van der Waals surface area (Å²) in [5.74, 6) is 0. The van der Waals surface area contributed by atoms with Crippen molar-refractivity contribution in [3.8, 4) is 0 Å². The third kappa shape index (κ3) is 3.15. The maximum atomic E-state index is 12.3. The van der Waals surface area contributed by atoms with Gasteiger partial charge in [-0.3, -0.25) is 4.98 Å². The van der Waals surface area contributed by atoms with Crippen LogP contribution in [0.5, 0.6) is 0 Å². The molecule has 2 aromatic rings. The Hall–Kier alpha value is -1.92. The number of sulfonamides is 1. The summed E-state index contributed by atoms with van der Waals surface area (Å²) in [5.41, 5.74) is 8.38. The van der Waals surface area contributed by atoms with Gasteiger partial charge in [0.2, 0.25) is 10.0 Å². The van der Waals surface area contributed by atoms with Crippen LogP contribution < -0.4 is 10.5 Å². The summed E-state index contributed by atoms with van der Waals surface area (Å²) in [7, 11) is -3.60. The summed E-state index contributed by atoms with van der Waals surface area (Å²) < 4.78 is 27.2. The van der Waals surface area contributed by atoms with Gasteiger partial charge in [0.05, 0.1) is 17.1 Å². The van der Waals surface area contributed by atoms with Gasteiger partial charge >= 0.3 is 0 Å². The molecule has 3 N–H and O–H groups in total. The highest BCUT2D eigenvalue weighted by Crippen LogP contribution is 2.22. The zero-order valence-corrected chi connectivity index (χ0v) is 12.2. The zero-order valence-electron chi connectivity index (χ0n) is 11.4. The van der Waals surface area contributed by atoms with Gasteiger partial charge in [0.1, 0.15) is 0 Å². The molecule has 0 unspecified atom stereocenters. The number of pyridine rings is 1. The fourth-order valence-corrected chi connectivity index (χ4v) is 3.23. The number of nitrogens with one attached hydrogen (secondary N) is 1. The summed E-state index contributed by atoms with van der Waals surface area (Å²) in [6.07, 6.45) is 1.62. The van der Waals surface area contributed by atoms with E-state index >= 15 is 0 Å². The molecule has 0 aliphatic rings. The second-order valence-electron chi connectivity index (χ2n) is 4.61. The number of anilines is 1. The molecular formula is C14H17N3O2S. The van der Waals surface area contributed by atoms with E-state index in [0.29, 0.717) is 16.9 Å². The molecule has 0 saturated carbocycles. The second-order valence-corrected chi connectivity index (χ2v) is 6.34. The molecule has 0 aliphatic heterocycles. The van der Waals surface area contributed by atoms with Crippen LogP contribution in [0.1, 0.15) is 16.8 Å². The molecule has 0 atom stereocenters. The Labute approximate surface area is 118 Å². The monoisotopic (exact) mass is 291 g/mol. The van der Waals surface area contributed by atoms with Gasteiger partial charge < -0.3 is 5.73 Å². The maximum Gasteiger partial charge on any atom is 0.241 e. The lowest BCUT2D eigenvalue weighted by atomic mass is 10.1. The van der Waals surface area contributed by atoms with E-state index < -0.39 is 10.0 Å². The van der Waals surface area contributed by atoms with E-state index in [-0.39, 0.29) is 11.4 Å². The van der Waals surface area contributed by atoms with Gasteiger partial charge in [-0.2, -0.15) is 0 Å². The molecule has 0 radical (unpaired) electrons. The van der Waals surface area contributed by atoms with E-state index in [1.807, 2.05) is 13.0 Å². The van der Waals surface area contributed by atoms with Crippen LogP contribution in [0.25, 0.3) is 0 Å². The molecule has 0 spiro atoms. The highest BCUT2D eigenvalue weighted by molar-refractivity contribution is 7.89. The van der Waals surface area contributed by atoms with Gasteiger partial charge in [0.25, 0.3) is 0 Å². The number of nitrogen functional groups attached to an aromatic ring is 1. The molecule has 0 bridgehead atoms. The number of benzene rings is 1. The van der Waals surface area contributed by atoms with Crippen molar-refractivity contribution < 1.29 is 8.42 Å². The number of aromatic nitrogens is 1. The molecule has 106 valence electrons. The minimum atomic E-state index is -3.60. The standard InChI is InChI=1S/C14H17N3O2S/c1-10-7-12(15)8-14(11(10)2)20(18,19)17-9-13-5-3-4-6-16-13/h3-8,17H,9,15H2,1-2H3. The normalized spacial score (nSPS) is 11.5. The Bertz CT molecular complexity index is 713. The SMILES string of the molecule is Cc1cc(N)cc(S(=O)(=O)NCc2ccccn2)c1C. The number of hydrogen-bond donors (Lipinski definition) is 2. The average molecular weight is 291 g/mol. The molecule has 5 nitrogen and oxygen atoms in total. The van der Waals surface area contributed by atoms with Crippen LogP contribution in [0, 0.1) is 13.8 Å². The fourth-order valence-electron chi connectivity index (χ4n) is 1.88. The topological polar surface area (TPSA) is 85.1 Å². The molecule has 0 aliphatic carbocycles. The first-order valence-electron chi connectivity index (χ1n) is 6.16. The predicted octanol–water partition coefficient (Wildman–Crippen LogP) is 1.76. The molecule has 1 aromatic heterocycles. The molecule has 0 saturated heterocycles. The zero-order chi connectivity index (χ0) is 14.8. The first-order chi connectivity index (χ1) is 9.40. The minimum Gasteiger partial charge on any atom is -0.399 e. The lowest BCUT2D eigenvalue weighted by Gasteiger charge is -2.12. The Balaban J connectivity index is 2.27. The van der Waals surface area contributed by atoms with Gasteiger partial charge in [-0.15, -0.1) is 0 Å². The molecule has 1 aromatic carbocycles. The van der Waals surface area contributed by atoms with Crippen LogP contribution in [0.2, 0.25) is 0 Å². The Morgan fingerprint density at radius 2 is 2.00 bits per heavy atom. The molecule has 1 heterocycles. The molecule has 2 rings (SSSR count). The third-order valence-corrected chi connectivity index (χ3v) is 4.63. The highest BCUT2D eigenvalue weighted by atomic mass is 32.2. The Morgan fingerprint density at radius 3 is 2.65 bits per heavy atom. The third-order valence-electron chi connectivity index (χ3n) is 3.10. The largest absolute Gasteiger partial charge is 0.399 e. The molecule has 6 heteroatoms. The molecular weight excluding hydrogens is 274 g/mol. The molecule has 0 amide bonds. The quantitative estimate of drug-likeness (QED) is 0.841. The predicted molar refractivity (Wildman–Crippen MR) is 78.6 cm³/mol. The summed E-state index contributed by atoms with van der Waals surface area (Å²) in [4.78, 5) is 4.30. The number of nitrogens with two attached hydrogens (primary N) is 1.